The standard InChI is InChI=1S/C42H51Cl3N4O6S/c1-2-3-4-5-6-7-8-9-10-11-12-13-14-15-16-17-21-46-39(50)28-19-18-20-33(25-28)56-37-38(47-32-23-29(41(52)53)22-30(24-32)42(54)55)48-49(40(37)51)36-34(44)26-31(43)27-35(36)45/h18-20,22-27,37H,2-17,21H2,1H3,(H,46,50)(H,47,48)(H,52,53)(H,54,55). The molecule has 3 aromatic carbocycles. The number of nitrogens with one attached hydrogen (secondary N) is 2. The first kappa shape index (κ1) is 44.9. The zero-order valence-electron chi connectivity index (χ0n) is 31.8. The Hall–Kier alpha value is -3.77. The van der Waals surface area contributed by atoms with Crippen molar-refractivity contribution in [1.82, 2.24) is 10.7 Å². The maximum atomic E-state index is 14.0. The lowest BCUT2D eigenvalue weighted by Crippen LogP contribution is -2.36. The molecule has 1 saturated heterocycles. The van der Waals surface area contributed by atoms with E-state index in [0.29, 0.717) is 17.0 Å². The summed E-state index contributed by atoms with van der Waals surface area (Å²) < 4.78 is 0. The number of thioether (sulfide) groups is 1. The lowest BCUT2D eigenvalue weighted by molar-refractivity contribution is -0.116. The average molecular weight is 846 g/mol. The molecule has 0 radical (unpaired) electrons. The average Bonchev–Trinajstić information content (AvgIpc) is 3.44. The van der Waals surface area contributed by atoms with Crippen LogP contribution in [-0.4, -0.2) is 51.6 Å². The van der Waals surface area contributed by atoms with Gasteiger partial charge >= 0.3 is 11.9 Å². The number of benzene rings is 3. The predicted octanol–water partition coefficient (Wildman–Crippen LogP) is 11.8. The molecule has 1 unspecified atom stereocenters. The number of amidine groups is 1. The van der Waals surface area contributed by atoms with E-state index in [1.807, 2.05) is 0 Å². The van der Waals surface area contributed by atoms with Crippen LogP contribution in [0.4, 0.5) is 11.4 Å². The molecule has 56 heavy (non-hydrogen) atoms. The first-order valence-corrected chi connectivity index (χ1v) is 21.5. The van der Waals surface area contributed by atoms with Crippen molar-refractivity contribution in [1.29, 1.82) is 0 Å². The number of halogens is 3. The van der Waals surface area contributed by atoms with E-state index in [0.717, 1.165) is 42.1 Å². The van der Waals surface area contributed by atoms with E-state index < -0.39 is 23.1 Å². The number of amides is 2. The molecule has 0 aromatic heterocycles. The van der Waals surface area contributed by atoms with Gasteiger partial charge < -0.3 is 15.5 Å². The van der Waals surface area contributed by atoms with Crippen LogP contribution >= 0.6 is 46.6 Å². The number of carbonyl (C=O) groups is 4. The number of carboxylic acids is 2. The molecule has 1 heterocycles. The number of anilines is 1. The summed E-state index contributed by atoms with van der Waals surface area (Å²) in [5.41, 5.74) is 2.85. The summed E-state index contributed by atoms with van der Waals surface area (Å²) in [5, 5.41) is 22.7. The van der Waals surface area contributed by atoms with E-state index in [-0.39, 0.29) is 49.3 Å². The predicted molar refractivity (Wildman–Crippen MR) is 228 cm³/mol. The van der Waals surface area contributed by atoms with E-state index >= 15 is 0 Å². The third-order valence-electron chi connectivity index (χ3n) is 9.45. The Balaban J connectivity index is 1.32. The Morgan fingerprint density at radius 3 is 1.77 bits per heavy atom. The van der Waals surface area contributed by atoms with Crippen molar-refractivity contribution in [2.24, 2.45) is 4.99 Å². The molecular weight excluding hydrogens is 795 g/mol. The molecule has 10 nitrogen and oxygen atoms in total. The van der Waals surface area contributed by atoms with E-state index in [2.05, 4.69) is 22.7 Å². The number of hydrogen-bond donors (Lipinski definition) is 4. The molecule has 1 atom stereocenters. The molecule has 4 rings (SSSR count). The van der Waals surface area contributed by atoms with E-state index in [1.54, 1.807) is 24.3 Å². The Bertz CT molecular complexity index is 1800. The summed E-state index contributed by atoms with van der Waals surface area (Å²) in [6.45, 7) is 2.81. The minimum atomic E-state index is -1.35. The van der Waals surface area contributed by atoms with Gasteiger partial charge in [-0.2, -0.15) is 0 Å². The van der Waals surface area contributed by atoms with Gasteiger partial charge in [-0.05, 0) is 55.0 Å². The first-order valence-electron chi connectivity index (χ1n) is 19.5. The second-order valence-corrected chi connectivity index (χ2v) is 16.4. The van der Waals surface area contributed by atoms with Gasteiger partial charge in [0.2, 0.25) is 0 Å². The van der Waals surface area contributed by atoms with Crippen molar-refractivity contribution in [3.63, 3.8) is 0 Å². The van der Waals surface area contributed by atoms with Crippen molar-refractivity contribution in [2.45, 2.75) is 120 Å². The number of unbranched alkanes of at least 4 members (excludes halogenated alkanes) is 15. The highest BCUT2D eigenvalue weighted by molar-refractivity contribution is 8.01. The Morgan fingerprint density at radius 1 is 0.732 bits per heavy atom. The van der Waals surface area contributed by atoms with Gasteiger partial charge in [-0.3, -0.25) is 15.0 Å². The lowest BCUT2D eigenvalue weighted by Gasteiger charge is -2.19. The van der Waals surface area contributed by atoms with Gasteiger partial charge in [0.05, 0.1) is 26.9 Å². The summed E-state index contributed by atoms with van der Waals surface area (Å²) in [6, 6.07) is 13.1. The summed E-state index contributed by atoms with van der Waals surface area (Å²) in [4.78, 5) is 55.7. The molecule has 4 N–H and O–H groups in total. The smallest absolute Gasteiger partial charge is 0.335 e. The molecule has 1 fully saturated rings. The quantitative estimate of drug-likeness (QED) is 0.0651. The van der Waals surface area contributed by atoms with Gasteiger partial charge in [0.15, 0.2) is 0 Å². The first-order chi connectivity index (χ1) is 27.0. The number of nitrogens with zero attached hydrogens (tertiary/aromatic N) is 2. The fraction of sp³-hybridized carbons (Fsp3) is 0.452. The van der Waals surface area contributed by atoms with Crippen LogP contribution in [0.15, 0.2) is 64.5 Å². The summed E-state index contributed by atoms with van der Waals surface area (Å²) in [6.07, 6.45) is 20.5. The van der Waals surface area contributed by atoms with E-state index in [1.165, 1.54) is 108 Å². The van der Waals surface area contributed by atoms with Crippen molar-refractivity contribution < 1.29 is 29.4 Å². The molecule has 302 valence electrons. The normalized spacial score (nSPS) is 14.6. The van der Waals surface area contributed by atoms with Crippen LogP contribution in [0.2, 0.25) is 15.1 Å². The van der Waals surface area contributed by atoms with Gasteiger partial charge in [0, 0.05) is 22.0 Å². The van der Waals surface area contributed by atoms with Gasteiger partial charge in [-0.15, -0.1) is 11.8 Å². The Kier molecular flexibility index (Phi) is 18.8. The summed E-state index contributed by atoms with van der Waals surface area (Å²) in [7, 11) is 0. The second-order valence-electron chi connectivity index (χ2n) is 14.0. The number of hydrazine groups is 1. The minimum Gasteiger partial charge on any atom is -0.478 e. The van der Waals surface area contributed by atoms with Gasteiger partial charge in [-0.1, -0.05) is 144 Å². The molecule has 0 aliphatic carbocycles. The summed E-state index contributed by atoms with van der Waals surface area (Å²) >= 11 is 20.1. The third-order valence-corrected chi connectivity index (χ3v) is 11.4. The lowest BCUT2D eigenvalue weighted by atomic mass is 10.0. The van der Waals surface area contributed by atoms with Crippen LogP contribution in [0.3, 0.4) is 0 Å². The minimum absolute atomic E-state index is 0.0134. The number of rotatable bonds is 24. The van der Waals surface area contributed by atoms with Crippen LogP contribution in [0.1, 0.15) is 141 Å². The number of carbonyl (C=O) groups excluding carboxylic acids is 2. The van der Waals surface area contributed by atoms with Crippen LogP contribution in [0.25, 0.3) is 0 Å². The molecular formula is C42H51Cl3N4O6S. The number of aromatic carboxylic acids is 2. The van der Waals surface area contributed by atoms with E-state index in [9.17, 15) is 29.4 Å². The highest BCUT2D eigenvalue weighted by Crippen LogP contribution is 2.40. The zero-order valence-corrected chi connectivity index (χ0v) is 34.8. The number of hydrogen-bond acceptors (Lipinski definition) is 6. The largest absolute Gasteiger partial charge is 0.478 e. The number of carboxylic acid groups (broad SMARTS) is 2. The molecule has 0 bridgehead atoms. The van der Waals surface area contributed by atoms with Crippen molar-refractivity contribution in [3.05, 3.63) is 86.4 Å². The van der Waals surface area contributed by atoms with Crippen molar-refractivity contribution in [3.8, 4) is 0 Å². The maximum Gasteiger partial charge on any atom is 0.335 e. The van der Waals surface area contributed by atoms with Gasteiger partial charge in [0.25, 0.3) is 11.8 Å². The monoisotopic (exact) mass is 844 g/mol. The zero-order chi connectivity index (χ0) is 40.5. The van der Waals surface area contributed by atoms with E-state index in [4.69, 9.17) is 34.8 Å². The molecule has 2 amide bonds. The van der Waals surface area contributed by atoms with Gasteiger partial charge in [-0.25, -0.2) is 19.6 Å². The maximum absolute atomic E-state index is 14.0. The fourth-order valence-corrected chi connectivity index (χ4v) is 8.49. The molecule has 0 saturated carbocycles. The van der Waals surface area contributed by atoms with Crippen LogP contribution < -0.4 is 15.8 Å². The Labute approximate surface area is 348 Å². The third kappa shape index (κ3) is 14.0. The number of aliphatic imine (C=N–C) groups is 1. The SMILES string of the molecule is CCCCCCCCCCCCCCCCCCNC(=O)c1cccc(SC2C(=O)N(c3c(Cl)cc(Cl)cc3Cl)NC2=Nc2cc(C(=O)O)cc(C(=O)O)c2)c1. The second kappa shape index (κ2) is 23.5. The topological polar surface area (TPSA) is 148 Å². The van der Waals surface area contributed by atoms with Crippen LogP contribution in [-0.2, 0) is 4.79 Å². The van der Waals surface area contributed by atoms with Crippen LogP contribution in [0, 0.1) is 0 Å². The molecule has 1 aliphatic rings. The van der Waals surface area contributed by atoms with Crippen molar-refractivity contribution in [2.75, 3.05) is 11.6 Å². The fourth-order valence-electron chi connectivity index (χ4n) is 6.45. The van der Waals surface area contributed by atoms with Crippen molar-refractivity contribution >= 4 is 87.5 Å². The molecule has 0 spiro atoms. The highest BCUT2D eigenvalue weighted by atomic mass is 35.5. The van der Waals surface area contributed by atoms with Crippen LogP contribution in [0.5, 0.6) is 0 Å². The summed E-state index contributed by atoms with van der Waals surface area (Å²) in [5.74, 6) is -3.39. The molecule has 1 aliphatic heterocycles. The van der Waals surface area contributed by atoms with Gasteiger partial charge in [0.1, 0.15) is 16.8 Å². The highest BCUT2D eigenvalue weighted by Gasteiger charge is 2.41. The molecule has 14 heteroatoms. The molecule has 3 aromatic rings. The Morgan fingerprint density at radius 2 is 1.25 bits per heavy atom.